The zero-order valence-corrected chi connectivity index (χ0v) is 11.3. The predicted octanol–water partition coefficient (Wildman–Crippen LogP) is 2.29. The van der Waals surface area contributed by atoms with Gasteiger partial charge in [-0.3, -0.25) is 0 Å². The van der Waals surface area contributed by atoms with Gasteiger partial charge in [-0.25, -0.2) is 0 Å². The van der Waals surface area contributed by atoms with Crippen LogP contribution in [0.2, 0.25) is 0 Å². The van der Waals surface area contributed by atoms with E-state index in [4.69, 9.17) is 4.74 Å². The Morgan fingerprint density at radius 3 is 2.89 bits per heavy atom. The Morgan fingerprint density at radius 2 is 2.22 bits per heavy atom. The summed E-state index contributed by atoms with van der Waals surface area (Å²) in [6.45, 7) is 1.87. The Morgan fingerprint density at radius 1 is 1.39 bits per heavy atom. The van der Waals surface area contributed by atoms with Crippen molar-refractivity contribution in [3.05, 3.63) is 29.8 Å². The van der Waals surface area contributed by atoms with Crippen LogP contribution in [-0.4, -0.2) is 36.8 Å². The van der Waals surface area contributed by atoms with Gasteiger partial charge in [0.2, 0.25) is 0 Å². The average molecular weight is 249 g/mol. The highest BCUT2D eigenvalue weighted by molar-refractivity contribution is 5.28. The van der Waals surface area contributed by atoms with Crippen LogP contribution in [0.4, 0.5) is 0 Å². The van der Waals surface area contributed by atoms with Crippen LogP contribution >= 0.6 is 0 Å². The van der Waals surface area contributed by atoms with Gasteiger partial charge in [-0.1, -0.05) is 18.6 Å². The third-order valence-corrected chi connectivity index (χ3v) is 3.75. The first-order valence-corrected chi connectivity index (χ1v) is 6.68. The van der Waals surface area contributed by atoms with Crippen molar-refractivity contribution in [2.45, 2.75) is 31.9 Å². The number of benzene rings is 1. The van der Waals surface area contributed by atoms with Crippen molar-refractivity contribution in [2.24, 2.45) is 5.92 Å². The van der Waals surface area contributed by atoms with E-state index in [1.54, 1.807) is 7.11 Å². The lowest BCUT2D eigenvalue weighted by Crippen LogP contribution is -2.29. The Bertz CT molecular complexity index is 381. The van der Waals surface area contributed by atoms with Crippen molar-refractivity contribution in [1.29, 1.82) is 0 Å². The summed E-state index contributed by atoms with van der Waals surface area (Å²) in [7, 11) is 3.81. The quantitative estimate of drug-likeness (QED) is 0.869. The molecule has 0 saturated heterocycles. The van der Waals surface area contributed by atoms with E-state index in [1.807, 2.05) is 12.1 Å². The molecule has 2 rings (SSSR count). The van der Waals surface area contributed by atoms with Crippen molar-refractivity contribution in [1.82, 2.24) is 4.90 Å². The van der Waals surface area contributed by atoms with E-state index < -0.39 is 0 Å². The number of aliphatic hydroxyl groups is 1. The number of methoxy groups -OCH3 is 1. The van der Waals surface area contributed by atoms with Crippen LogP contribution in [0, 0.1) is 5.92 Å². The lowest BCUT2D eigenvalue weighted by molar-refractivity contribution is 0.108. The molecule has 1 aliphatic carbocycles. The van der Waals surface area contributed by atoms with E-state index in [0.29, 0.717) is 5.92 Å². The van der Waals surface area contributed by atoms with Crippen LogP contribution in [0.1, 0.15) is 24.8 Å². The van der Waals surface area contributed by atoms with Gasteiger partial charge in [0.05, 0.1) is 13.2 Å². The van der Waals surface area contributed by atoms with E-state index in [0.717, 1.165) is 31.7 Å². The molecule has 0 heterocycles. The molecular formula is C15H23NO2. The lowest BCUT2D eigenvalue weighted by Gasteiger charge is -2.23. The van der Waals surface area contributed by atoms with E-state index in [-0.39, 0.29) is 6.10 Å². The molecule has 3 nitrogen and oxygen atoms in total. The van der Waals surface area contributed by atoms with Crippen LogP contribution < -0.4 is 4.74 Å². The third kappa shape index (κ3) is 3.47. The molecule has 0 aromatic heterocycles. The second kappa shape index (κ2) is 6.21. The molecule has 1 saturated carbocycles. The minimum atomic E-state index is -0.0993. The standard InChI is InChI=1S/C15H23NO2/c1-16(11-13-6-4-8-15(13)17)10-12-5-3-7-14(9-12)18-2/h3,5,7,9,13,15,17H,4,6,8,10-11H2,1-2H3. The molecule has 0 radical (unpaired) electrons. The second-order valence-electron chi connectivity index (χ2n) is 5.31. The Labute approximate surface area is 109 Å². The summed E-state index contributed by atoms with van der Waals surface area (Å²) in [5.41, 5.74) is 1.25. The van der Waals surface area contributed by atoms with Gasteiger partial charge in [-0.15, -0.1) is 0 Å². The molecule has 1 fully saturated rings. The van der Waals surface area contributed by atoms with Crippen LogP contribution in [-0.2, 0) is 6.54 Å². The zero-order chi connectivity index (χ0) is 13.0. The van der Waals surface area contributed by atoms with Crippen LogP contribution in [0.25, 0.3) is 0 Å². The largest absolute Gasteiger partial charge is 0.497 e. The normalized spacial score (nSPS) is 23.6. The van der Waals surface area contributed by atoms with Crippen molar-refractivity contribution in [3.8, 4) is 5.75 Å². The molecule has 18 heavy (non-hydrogen) atoms. The van der Waals surface area contributed by atoms with Crippen LogP contribution in [0.3, 0.4) is 0 Å². The van der Waals surface area contributed by atoms with Gasteiger partial charge in [0, 0.05) is 13.1 Å². The summed E-state index contributed by atoms with van der Waals surface area (Å²) in [4.78, 5) is 2.29. The Hall–Kier alpha value is -1.06. The molecule has 1 aromatic carbocycles. The maximum Gasteiger partial charge on any atom is 0.119 e. The fraction of sp³-hybridized carbons (Fsp3) is 0.600. The molecule has 2 unspecified atom stereocenters. The Kier molecular flexibility index (Phi) is 4.61. The fourth-order valence-corrected chi connectivity index (χ4v) is 2.78. The molecule has 1 N–H and O–H groups in total. The maximum atomic E-state index is 9.84. The van der Waals surface area contributed by atoms with E-state index >= 15 is 0 Å². The maximum absolute atomic E-state index is 9.84. The number of ether oxygens (including phenoxy) is 1. The molecule has 0 spiro atoms. The zero-order valence-electron chi connectivity index (χ0n) is 11.3. The molecule has 100 valence electrons. The molecule has 1 aromatic rings. The Balaban J connectivity index is 1.88. The highest BCUT2D eigenvalue weighted by Gasteiger charge is 2.25. The summed E-state index contributed by atoms with van der Waals surface area (Å²) < 4.78 is 5.23. The highest BCUT2D eigenvalue weighted by Crippen LogP contribution is 2.26. The summed E-state index contributed by atoms with van der Waals surface area (Å²) >= 11 is 0. The van der Waals surface area contributed by atoms with Gasteiger partial charge in [-0.05, 0) is 43.5 Å². The van der Waals surface area contributed by atoms with E-state index in [2.05, 4.69) is 24.1 Å². The molecule has 0 amide bonds. The second-order valence-corrected chi connectivity index (χ2v) is 5.31. The summed E-state index contributed by atoms with van der Waals surface area (Å²) in [5.74, 6) is 1.35. The minimum absolute atomic E-state index is 0.0993. The summed E-state index contributed by atoms with van der Waals surface area (Å²) in [6, 6.07) is 8.17. The minimum Gasteiger partial charge on any atom is -0.497 e. The lowest BCUT2D eigenvalue weighted by atomic mass is 10.1. The predicted molar refractivity (Wildman–Crippen MR) is 72.7 cm³/mol. The van der Waals surface area contributed by atoms with Gasteiger partial charge in [0.15, 0.2) is 0 Å². The third-order valence-electron chi connectivity index (χ3n) is 3.75. The van der Waals surface area contributed by atoms with Gasteiger partial charge >= 0.3 is 0 Å². The van der Waals surface area contributed by atoms with E-state index in [1.165, 1.54) is 12.0 Å². The average Bonchev–Trinajstić information content (AvgIpc) is 2.75. The van der Waals surface area contributed by atoms with Crippen LogP contribution in [0.15, 0.2) is 24.3 Å². The topological polar surface area (TPSA) is 32.7 Å². The SMILES string of the molecule is COc1cccc(CN(C)CC2CCCC2O)c1. The first-order valence-electron chi connectivity index (χ1n) is 6.68. The van der Waals surface area contributed by atoms with Crippen molar-refractivity contribution in [3.63, 3.8) is 0 Å². The molecule has 0 aliphatic heterocycles. The van der Waals surface area contributed by atoms with Crippen molar-refractivity contribution < 1.29 is 9.84 Å². The van der Waals surface area contributed by atoms with E-state index in [9.17, 15) is 5.11 Å². The number of rotatable bonds is 5. The molecular weight excluding hydrogens is 226 g/mol. The van der Waals surface area contributed by atoms with Crippen LogP contribution in [0.5, 0.6) is 5.75 Å². The number of hydrogen-bond acceptors (Lipinski definition) is 3. The fourth-order valence-electron chi connectivity index (χ4n) is 2.78. The van der Waals surface area contributed by atoms with Gasteiger partial charge < -0.3 is 14.7 Å². The van der Waals surface area contributed by atoms with Crippen molar-refractivity contribution >= 4 is 0 Å². The monoisotopic (exact) mass is 249 g/mol. The molecule has 0 bridgehead atoms. The molecule has 1 aliphatic rings. The first-order chi connectivity index (χ1) is 8.69. The smallest absolute Gasteiger partial charge is 0.119 e. The van der Waals surface area contributed by atoms with Gasteiger partial charge in [0.1, 0.15) is 5.75 Å². The van der Waals surface area contributed by atoms with Gasteiger partial charge in [-0.2, -0.15) is 0 Å². The molecule has 2 atom stereocenters. The highest BCUT2D eigenvalue weighted by atomic mass is 16.5. The molecule has 3 heteroatoms. The number of aliphatic hydroxyl groups excluding tert-OH is 1. The first kappa shape index (κ1) is 13.4. The summed E-state index contributed by atoms with van der Waals surface area (Å²) in [5, 5.41) is 9.84. The van der Waals surface area contributed by atoms with Gasteiger partial charge in [0.25, 0.3) is 0 Å². The number of nitrogens with zero attached hydrogens (tertiary/aromatic N) is 1. The number of hydrogen-bond donors (Lipinski definition) is 1. The summed E-state index contributed by atoms with van der Waals surface area (Å²) in [6.07, 6.45) is 3.19. The van der Waals surface area contributed by atoms with Crippen molar-refractivity contribution in [2.75, 3.05) is 20.7 Å².